The van der Waals surface area contributed by atoms with Crippen LogP contribution in [0.15, 0.2) is 12.2 Å². The fourth-order valence-electron chi connectivity index (χ4n) is 0.143. The van der Waals surface area contributed by atoms with E-state index in [2.05, 4.69) is 0 Å². The van der Waals surface area contributed by atoms with Crippen molar-refractivity contribution in [2.24, 2.45) is 0 Å². The van der Waals surface area contributed by atoms with E-state index in [-0.39, 0.29) is 52.8 Å². The minimum Gasteiger partial charge on any atom is -1.00 e. The zero-order chi connectivity index (χ0) is 6.57. The molecule has 0 unspecified atom stereocenters. The van der Waals surface area contributed by atoms with E-state index in [1.807, 2.05) is 0 Å². The predicted molar refractivity (Wildman–Crippen MR) is 25.5 cm³/mol. The molecule has 0 saturated heterocycles. The van der Waals surface area contributed by atoms with Crippen LogP contribution in [0.2, 0.25) is 0 Å². The van der Waals surface area contributed by atoms with Gasteiger partial charge in [0, 0.05) is 12.2 Å². The maximum atomic E-state index is 9.55. The number of carbonyl (C=O) groups is 2. The van der Waals surface area contributed by atoms with Gasteiger partial charge in [0.1, 0.15) is 0 Å². The van der Waals surface area contributed by atoms with E-state index in [9.17, 15) is 9.59 Å². The molecule has 0 radical (unpaired) electrons. The SMILES string of the molecule is O=C(O)C=CC(=O)O.[H-].[K+]. The number of carboxylic acid groups (broad SMARTS) is 2. The van der Waals surface area contributed by atoms with Crippen molar-refractivity contribution in [1.29, 1.82) is 0 Å². The summed E-state index contributed by atoms with van der Waals surface area (Å²) in [5.41, 5.74) is 0. The fourth-order valence-corrected chi connectivity index (χ4v) is 0.143. The van der Waals surface area contributed by atoms with Crippen molar-refractivity contribution in [3.63, 3.8) is 0 Å². The molecule has 4 nitrogen and oxygen atoms in total. The van der Waals surface area contributed by atoms with Crippen LogP contribution >= 0.6 is 0 Å². The Morgan fingerprint density at radius 2 is 1.33 bits per heavy atom. The first-order chi connectivity index (χ1) is 3.63. The number of hydrogen-bond acceptors (Lipinski definition) is 2. The average Bonchev–Trinajstić information content (AvgIpc) is 1.61. The summed E-state index contributed by atoms with van der Waals surface area (Å²) in [6.07, 6.45) is 1.12. The Morgan fingerprint density at radius 3 is 1.44 bits per heavy atom. The van der Waals surface area contributed by atoms with E-state index < -0.39 is 11.9 Å². The molecule has 0 atom stereocenters. The Bertz CT molecular complexity index is 128. The van der Waals surface area contributed by atoms with Crippen molar-refractivity contribution in [1.82, 2.24) is 0 Å². The van der Waals surface area contributed by atoms with E-state index in [0.29, 0.717) is 12.2 Å². The Kier molecular flexibility index (Phi) is 8.61. The third-order valence-electron chi connectivity index (χ3n) is 0.368. The van der Waals surface area contributed by atoms with Gasteiger partial charge in [-0.05, 0) is 0 Å². The molecule has 0 amide bonds. The van der Waals surface area contributed by atoms with Gasteiger partial charge in [-0.3, -0.25) is 0 Å². The maximum Gasteiger partial charge on any atom is 1.00 e. The predicted octanol–water partition coefficient (Wildman–Crippen LogP) is -3.17. The van der Waals surface area contributed by atoms with Crippen LogP contribution in [0.5, 0.6) is 0 Å². The van der Waals surface area contributed by atoms with Gasteiger partial charge in [-0.15, -0.1) is 0 Å². The van der Waals surface area contributed by atoms with Gasteiger partial charge in [0.05, 0.1) is 0 Å². The molecule has 5 heteroatoms. The van der Waals surface area contributed by atoms with E-state index in [4.69, 9.17) is 10.2 Å². The van der Waals surface area contributed by atoms with Gasteiger partial charge in [-0.2, -0.15) is 0 Å². The van der Waals surface area contributed by atoms with Crippen molar-refractivity contribution < 1.29 is 72.6 Å². The van der Waals surface area contributed by atoms with Crippen LogP contribution in [0, 0.1) is 0 Å². The Labute approximate surface area is 95.5 Å². The van der Waals surface area contributed by atoms with Crippen LogP contribution in [0.1, 0.15) is 1.43 Å². The van der Waals surface area contributed by atoms with Crippen molar-refractivity contribution in [3.05, 3.63) is 12.2 Å². The number of rotatable bonds is 2. The summed E-state index contributed by atoms with van der Waals surface area (Å²) in [5.74, 6) is -2.51. The third-order valence-corrected chi connectivity index (χ3v) is 0.368. The first kappa shape index (κ1) is 12.0. The standard InChI is InChI=1S/C4H4O4.K.H/c5-3(6)1-2-4(7)8;;/h1-2H,(H,5,6)(H,7,8);;/q;+1;-1. The summed E-state index contributed by atoms with van der Waals surface area (Å²) in [6.45, 7) is 0. The van der Waals surface area contributed by atoms with E-state index in [1.54, 1.807) is 0 Å². The molecule has 9 heavy (non-hydrogen) atoms. The molecule has 0 spiro atoms. The zero-order valence-electron chi connectivity index (χ0n) is 5.87. The van der Waals surface area contributed by atoms with Gasteiger partial charge in [0.25, 0.3) is 0 Å². The second-order valence-corrected chi connectivity index (χ2v) is 1.01. The van der Waals surface area contributed by atoms with Gasteiger partial charge >= 0.3 is 63.3 Å². The molecular weight excluding hydrogens is 151 g/mol. The molecule has 46 valence electrons. The summed E-state index contributed by atoms with van der Waals surface area (Å²) >= 11 is 0. The summed E-state index contributed by atoms with van der Waals surface area (Å²) < 4.78 is 0. The minimum atomic E-state index is -1.26. The summed E-state index contributed by atoms with van der Waals surface area (Å²) in [5, 5.41) is 15.6. The molecule has 0 aromatic carbocycles. The third kappa shape index (κ3) is 11.7. The monoisotopic (exact) mass is 156 g/mol. The molecule has 0 aliphatic carbocycles. The van der Waals surface area contributed by atoms with Crippen LogP contribution in [-0.2, 0) is 9.59 Å². The largest absolute Gasteiger partial charge is 1.00 e. The summed E-state index contributed by atoms with van der Waals surface area (Å²) in [7, 11) is 0. The van der Waals surface area contributed by atoms with Gasteiger partial charge in [0.2, 0.25) is 0 Å². The van der Waals surface area contributed by atoms with Crippen molar-refractivity contribution in [2.75, 3.05) is 0 Å². The van der Waals surface area contributed by atoms with Crippen LogP contribution in [0.4, 0.5) is 0 Å². The second kappa shape index (κ2) is 6.44. The smallest absolute Gasteiger partial charge is 1.00 e. The minimum absolute atomic E-state index is 0. The van der Waals surface area contributed by atoms with Crippen LogP contribution in [0.25, 0.3) is 0 Å². The van der Waals surface area contributed by atoms with Gasteiger partial charge < -0.3 is 11.6 Å². The van der Waals surface area contributed by atoms with Gasteiger partial charge in [-0.25, -0.2) is 9.59 Å². The van der Waals surface area contributed by atoms with Crippen molar-refractivity contribution >= 4 is 11.9 Å². The first-order valence-electron chi connectivity index (χ1n) is 1.77. The zero-order valence-corrected chi connectivity index (χ0v) is 7.99. The fraction of sp³-hybridized carbons (Fsp3) is 0. The van der Waals surface area contributed by atoms with Gasteiger partial charge in [-0.1, -0.05) is 0 Å². The summed E-state index contributed by atoms with van der Waals surface area (Å²) in [4.78, 5) is 19.1. The van der Waals surface area contributed by atoms with Gasteiger partial charge in [0.15, 0.2) is 0 Å². The van der Waals surface area contributed by atoms with E-state index >= 15 is 0 Å². The average molecular weight is 156 g/mol. The normalized spacial score (nSPS) is 8.44. The van der Waals surface area contributed by atoms with E-state index in [1.165, 1.54) is 0 Å². The Morgan fingerprint density at radius 1 is 1.11 bits per heavy atom. The molecule has 0 bridgehead atoms. The molecule has 0 fully saturated rings. The van der Waals surface area contributed by atoms with Crippen molar-refractivity contribution in [2.45, 2.75) is 0 Å². The molecule has 0 aromatic rings. The number of hydrogen-bond donors (Lipinski definition) is 2. The van der Waals surface area contributed by atoms with E-state index in [0.717, 1.165) is 0 Å². The molecule has 0 aliphatic heterocycles. The first-order valence-corrected chi connectivity index (χ1v) is 1.77. The molecule has 0 saturated carbocycles. The topological polar surface area (TPSA) is 74.6 Å². The van der Waals surface area contributed by atoms with Crippen molar-refractivity contribution in [3.8, 4) is 0 Å². The van der Waals surface area contributed by atoms with Crippen LogP contribution < -0.4 is 51.4 Å². The Hall–Kier alpha value is 0.316. The van der Waals surface area contributed by atoms with Crippen LogP contribution in [0.3, 0.4) is 0 Å². The van der Waals surface area contributed by atoms with Crippen LogP contribution in [-0.4, -0.2) is 22.2 Å². The molecule has 0 aromatic heterocycles. The summed E-state index contributed by atoms with van der Waals surface area (Å²) in [6, 6.07) is 0. The Balaban J connectivity index is -0.000000245. The number of aliphatic carboxylic acids is 2. The molecule has 2 N–H and O–H groups in total. The second-order valence-electron chi connectivity index (χ2n) is 1.01. The maximum absolute atomic E-state index is 9.55. The molecule has 0 aliphatic rings. The quantitative estimate of drug-likeness (QED) is 0.327. The molecule has 0 heterocycles. The molecule has 0 rings (SSSR count). The molecular formula is C4H5KO4. The number of carboxylic acids is 2.